The van der Waals surface area contributed by atoms with E-state index in [1.165, 1.54) is 12.1 Å². The molecule has 2 N–H and O–H groups in total. The van der Waals surface area contributed by atoms with Crippen LogP contribution in [0.3, 0.4) is 0 Å². The standard InChI is InChI=1S/C28H28N4O5S/c1-19-17-32(18-29-19)26-13-10-22(15-27(26)37-24-5-3-4-23(16-24)36-2)30-28(33)14-20-6-11-25(12-7-20)38(34,35)31-21-8-9-21/h3-7,10-13,15-18,21,31H,8-9,14H2,1-2H3,(H,30,33). The quantitative estimate of drug-likeness (QED) is 0.309. The second-order valence-electron chi connectivity index (χ2n) is 9.15. The molecular formula is C28H28N4O5S. The monoisotopic (exact) mass is 532 g/mol. The maximum atomic E-state index is 12.8. The maximum Gasteiger partial charge on any atom is 0.240 e. The van der Waals surface area contributed by atoms with Crippen LogP contribution in [-0.4, -0.2) is 37.0 Å². The van der Waals surface area contributed by atoms with Crippen LogP contribution in [0.1, 0.15) is 24.1 Å². The molecular weight excluding hydrogens is 504 g/mol. The summed E-state index contributed by atoms with van der Waals surface area (Å²) in [6, 6.07) is 19.0. The highest BCUT2D eigenvalue weighted by Crippen LogP contribution is 2.33. The fourth-order valence-electron chi connectivity index (χ4n) is 3.90. The molecule has 0 bridgehead atoms. The van der Waals surface area contributed by atoms with Crippen LogP contribution in [-0.2, 0) is 21.2 Å². The number of nitrogens with one attached hydrogen (secondary N) is 2. The van der Waals surface area contributed by atoms with Crippen LogP contribution in [0.4, 0.5) is 5.69 Å². The summed E-state index contributed by atoms with van der Waals surface area (Å²) in [5.41, 5.74) is 2.87. The second-order valence-corrected chi connectivity index (χ2v) is 10.9. The van der Waals surface area contributed by atoms with Gasteiger partial charge in [0.2, 0.25) is 15.9 Å². The lowest BCUT2D eigenvalue weighted by atomic mass is 10.1. The Kier molecular flexibility index (Phi) is 7.17. The number of anilines is 1. The largest absolute Gasteiger partial charge is 0.497 e. The molecule has 1 heterocycles. The van der Waals surface area contributed by atoms with Gasteiger partial charge in [0.25, 0.3) is 0 Å². The number of methoxy groups -OCH3 is 1. The smallest absolute Gasteiger partial charge is 0.240 e. The first-order chi connectivity index (χ1) is 18.3. The van der Waals surface area contributed by atoms with Crippen molar-refractivity contribution in [2.24, 2.45) is 0 Å². The lowest BCUT2D eigenvalue weighted by Gasteiger charge is -2.15. The van der Waals surface area contributed by atoms with E-state index in [0.29, 0.717) is 28.5 Å². The average Bonchev–Trinajstić information content (AvgIpc) is 3.60. The number of amides is 1. The van der Waals surface area contributed by atoms with Crippen molar-refractivity contribution in [1.82, 2.24) is 14.3 Å². The van der Waals surface area contributed by atoms with Gasteiger partial charge in [-0.3, -0.25) is 4.79 Å². The van der Waals surface area contributed by atoms with Crippen LogP contribution in [0.5, 0.6) is 17.2 Å². The zero-order valence-corrected chi connectivity index (χ0v) is 21.9. The van der Waals surface area contributed by atoms with Crippen LogP contribution >= 0.6 is 0 Å². The number of sulfonamides is 1. The zero-order chi connectivity index (χ0) is 26.7. The van der Waals surface area contributed by atoms with Gasteiger partial charge in [0, 0.05) is 30.1 Å². The highest BCUT2D eigenvalue weighted by Gasteiger charge is 2.27. The van der Waals surface area contributed by atoms with E-state index in [1.807, 2.05) is 42.0 Å². The molecule has 1 aromatic heterocycles. The molecule has 1 aliphatic carbocycles. The first kappa shape index (κ1) is 25.5. The van der Waals surface area contributed by atoms with Gasteiger partial charge >= 0.3 is 0 Å². The van der Waals surface area contributed by atoms with Crippen LogP contribution in [0.25, 0.3) is 5.69 Å². The van der Waals surface area contributed by atoms with E-state index in [0.717, 1.165) is 24.2 Å². The van der Waals surface area contributed by atoms with Crippen LogP contribution in [0.15, 0.2) is 84.1 Å². The minimum absolute atomic E-state index is 0.0347. The van der Waals surface area contributed by atoms with Gasteiger partial charge in [-0.15, -0.1) is 0 Å². The lowest BCUT2D eigenvalue weighted by Crippen LogP contribution is -2.25. The SMILES string of the molecule is COc1cccc(Oc2cc(NC(=O)Cc3ccc(S(=O)(=O)NC4CC4)cc3)ccc2-n2cnc(C)c2)c1. The van der Waals surface area contributed by atoms with E-state index in [9.17, 15) is 13.2 Å². The second kappa shape index (κ2) is 10.7. The molecule has 38 heavy (non-hydrogen) atoms. The summed E-state index contributed by atoms with van der Waals surface area (Å²) in [5, 5.41) is 2.90. The predicted octanol–water partition coefficient (Wildman–Crippen LogP) is 4.60. The Bertz CT molecular complexity index is 1560. The van der Waals surface area contributed by atoms with Gasteiger partial charge in [-0.05, 0) is 61.7 Å². The molecule has 0 atom stereocenters. The molecule has 10 heteroatoms. The van der Waals surface area contributed by atoms with Crippen molar-refractivity contribution in [2.75, 3.05) is 12.4 Å². The molecule has 0 spiro atoms. The number of imidazole rings is 1. The fourth-order valence-corrected chi connectivity index (χ4v) is 5.20. The summed E-state index contributed by atoms with van der Waals surface area (Å²) in [5.74, 6) is 1.52. The van der Waals surface area contributed by atoms with Gasteiger partial charge in [0.1, 0.15) is 11.5 Å². The number of aromatic nitrogens is 2. The molecule has 1 saturated carbocycles. The normalized spacial score (nSPS) is 13.2. The Balaban J connectivity index is 1.32. The van der Waals surface area contributed by atoms with Crippen molar-refractivity contribution in [2.45, 2.75) is 37.1 Å². The number of benzene rings is 3. The molecule has 1 fully saturated rings. The zero-order valence-electron chi connectivity index (χ0n) is 21.0. The Morgan fingerprint density at radius 2 is 1.82 bits per heavy atom. The Labute approximate surface area is 221 Å². The fraction of sp³-hybridized carbons (Fsp3) is 0.214. The minimum atomic E-state index is -3.53. The number of ether oxygens (including phenoxy) is 2. The number of hydrogen-bond acceptors (Lipinski definition) is 6. The van der Waals surface area contributed by atoms with Crippen molar-refractivity contribution in [1.29, 1.82) is 0 Å². The first-order valence-corrected chi connectivity index (χ1v) is 13.7. The van der Waals surface area contributed by atoms with Gasteiger partial charge in [0.05, 0.1) is 36.1 Å². The van der Waals surface area contributed by atoms with Crippen molar-refractivity contribution in [3.63, 3.8) is 0 Å². The number of hydrogen-bond donors (Lipinski definition) is 2. The number of aryl methyl sites for hydroxylation is 1. The molecule has 4 aromatic rings. The van der Waals surface area contributed by atoms with Gasteiger partial charge < -0.3 is 19.4 Å². The van der Waals surface area contributed by atoms with Crippen molar-refractivity contribution in [3.8, 4) is 22.9 Å². The summed E-state index contributed by atoms with van der Waals surface area (Å²) < 4.78 is 40.7. The van der Waals surface area contributed by atoms with E-state index in [2.05, 4.69) is 15.0 Å². The molecule has 5 rings (SSSR count). The van der Waals surface area contributed by atoms with Gasteiger partial charge in [-0.25, -0.2) is 18.1 Å². The van der Waals surface area contributed by atoms with E-state index in [1.54, 1.807) is 43.8 Å². The highest BCUT2D eigenvalue weighted by molar-refractivity contribution is 7.89. The van der Waals surface area contributed by atoms with Crippen molar-refractivity contribution < 1.29 is 22.7 Å². The molecule has 1 amide bonds. The Hall–Kier alpha value is -4.15. The van der Waals surface area contributed by atoms with Gasteiger partial charge in [-0.2, -0.15) is 0 Å². The van der Waals surface area contributed by atoms with E-state index in [4.69, 9.17) is 9.47 Å². The highest BCUT2D eigenvalue weighted by atomic mass is 32.2. The van der Waals surface area contributed by atoms with Gasteiger partial charge in [0.15, 0.2) is 5.75 Å². The summed E-state index contributed by atoms with van der Waals surface area (Å²) in [4.78, 5) is 17.3. The molecule has 0 aliphatic heterocycles. The average molecular weight is 533 g/mol. The molecule has 1 aliphatic rings. The molecule has 0 radical (unpaired) electrons. The summed E-state index contributed by atoms with van der Waals surface area (Å²) in [6.07, 6.45) is 5.41. The first-order valence-electron chi connectivity index (χ1n) is 12.2. The third-order valence-electron chi connectivity index (χ3n) is 6.00. The van der Waals surface area contributed by atoms with Crippen LogP contribution < -0.4 is 19.5 Å². The Morgan fingerprint density at radius 3 is 2.50 bits per heavy atom. The molecule has 0 unspecified atom stereocenters. The summed E-state index contributed by atoms with van der Waals surface area (Å²) in [7, 11) is -1.94. The summed E-state index contributed by atoms with van der Waals surface area (Å²) in [6.45, 7) is 1.90. The summed E-state index contributed by atoms with van der Waals surface area (Å²) >= 11 is 0. The Morgan fingerprint density at radius 1 is 1.05 bits per heavy atom. The van der Waals surface area contributed by atoms with Crippen molar-refractivity contribution >= 4 is 21.6 Å². The molecule has 196 valence electrons. The molecule has 3 aromatic carbocycles. The van der Waals surface area contributed by atoms with Crippen LogP contribution in [0, 0.1) is 6.92 Å². The number of carbonyl (C=O) groups excluding carboxylic acids is 1. The van der Waals surface area contributed by atoms with E-state index < -0.39 is 10.0 Å². The number of nitrogens with zero attached hydrogens (tertiary/aromatic N) is 2. The third kappa shape index (κ3) is 6.21. The topological polar surface area (TPSA) is 112 Å². The van der Waals surface area contributed by atoms with E-state index >= 15 is 0 Å². The minimum Gasteiger partial charge on any atom is -0.497 e. The van der Waals surface area contributed by atoms with Gasteiger partial charge in [-0.1, -0.05) is 18.2 Å². The van der Waals surface area contributed by atoms with Crippen LogP contribution in [0.2, 0.25) is 0 Å². The molecule has 9 nitrogen and oxygen atoms in total. The van der Waals surface area contributed by atoms with E-state index in [-0.39, 0.29) is 23.3 Å². The molecule has 0 saturated heterocycles. The third-order valence-corrected chi connectivity index (χ3v) is 7.54. The lowest BCUT2D eigenvalue weighted by molar-refractivity contribution is -0.115. The predicted molar refractivity (Wildman–Crippen MR) is 143 cm³/mol. The number of carbonyl (C=O) groups is 1. The maximum absolute atomic E-state index is 12.8. The number of rotatable bonds is 10. The van der Waals surface area contributed by atoms with Crippen molar-refractivity contribution in [3.05, 3.63) is 90.5 Å².